The number of benzene rings is 2. The van der Waals surface area contributed by atoms with Gasteiger partial charge in [0.2, 0.25) is 0 Å². The van der Waals surface area contributed by atoms with Crippen LogP contribution in [0.5, 0.6) is 0 Å². The molecule has 1 aliphatic heterocycles. The molecule has 0 unspecified atom stereocenters. The van der Waals surface area contributed by atoms with Gasteiger partial charge in [-0.25, -0.2) is 4.79 Å². The molecule has 0 aliphatic carbocycles. The molecule has 1 N–H and O–H groups in total. The number of pyridine rings is 2. The maximum atomic E-state index is 11.3. The van der Waals surface area contributed by atoms with Crippen LogP contribution in [0.3, 0.4) is 0 Å². The Labute approximate surface area is 209 Å². The lowest BCUT2D eigenvalue weighted by atomic mass is 10.1. The van der Waals surface area contributed by atoms with Crippen LogP contribution < -0.4 is 0 Å². The number of aromatic nitrogens is 2. The van der Waals surface area contributed by atoms with Crippen molar-refractivity contribution in [1.29, 1.82) is 0 Å². The predicted octanol–water partition coefficient (Wildman–Crippen LogP) is 6.07. The van der Waals surface area contributed by atoms with Crippen molar-refractivity contribution in [2.75, 3.05) is 20.3 Å². The molecule has 0 atom stereocenters. The summed E-state index contributed by atoms with van der Waals surface area (Å²) < 4.78 is 11.4. The summed E-state index contributed by atoms with van der Waals surface area (Å²) in [6.07, 6.45) is 6.04. The third kappa shape index (κ3) is 7.57. The lowest BCUT2D eigenvalue weighted by molar-refractivity contribution is 0.0601. The molecule has 5 rings (SSSR count). The predicted molar refractivity (Wildman–Crippen MR) is 136 cm³/mol. The van der Waals surface area contributed by atoms with Crippen LogP contribution in [0.2, 0.25) is 0 Å². The minimum absolute atomic E-state index is 0.0719. The van der Waals surface area contributed by atoms with Gasteiger partial charge in [-0.1, -0.05) is 6.07 Å². The summed E-state index contributed by atoms with van der Waals surface area (Å²) in [5, 5.41) is 10.9. The summed E-state index contributed by atoms with van der Waals surface area (Å²) in [6.45, 7) is 2.07. The second-order valence-electron chi connectivity index (χ2n) is 7.21. The average Bonchev–Trinajstić information content (AvgIpc) is 3.43. The Bertz CT molecular complexity index is 1220. The van der Waals surface area contributed by atoms with Gasteiger partial charge in [0.05, 0.1) is 30.3 Å². The fourth-order valence-electron chi connectivity index (χ4n) is 3.11. The zero-order valence-corrected chi connectivity index (χ0v) is 21.3. The molecule has 33 heavy (non-hydrogen) atoms. The smallest absolute Gasteiger partial charge is 0.337 e. The van der Waals surface area contributed by atoms with Gasteiger partial charge in [0.1, 0.15) is 0 Å². The van der Waals surface area contributed by atoms with Crippen molar-refractivity contribution >= 4 is 59.6 Å². The van der Waals surface area contributed by atoms with Gasteiger partial charge in [-0.15, -0.1) is 0 Å². The Morgan fingerprint density at radius 2 is 1.52 bits per heavy atom. The number of carbonyl (C=O) groups is 1. The number of aliphatic hydroxyl groups is 1. The number of hydrogen-bond donors (Lipinski definition) is 1. The van der Waals surface area contributed by atoms with E-state index < -0.39 is 0 Å². The first-order valence-electron chi connectivity index (χ1n) is 10.4. The molecule has 172 valence electrons. The molecule has 0 spiro atoms. The number of methoxy groups -OCH3 is 1. The van der Waals surface area contributed by atoms with Crippen LogP contribution in [-0.2, 0) is 16.1 Å². The van der Waals surface area contributed by atoms with Crippen molar-refractivity contribution < 1.29 is 19.4 Å². The molecular weight excluding hydrogens is 552 g/mol. The van der Waals surface area contributed by atoms with Gasteiger partial charge in [0, 0.05) is 45.3 Å². The van der Waals surface area contributed by atoms with E-state index in [1.807, 2.05) is 30.3 Å². The summed E-state index contributed by atoms with van der Waals surface area (Å²) in [4.78, 5) is 19.7. The summed E-state index contributed by atoms with van der Waals surface area (Å²) in [5.41, 5.74) is 3.24. The summed E-state index contributed by atoms with van der Waals surface area (Å²) in [7, 11) is 1.37. The highest BCUT2D eigenvalue weighted by Gasteiger charge is 2.06. The Hall–Kier alpha value is -2.39. The molecule has 0 bridgehead atoms. The number of rotatable bonds is 2. The minimum atomic E-state index is -0.336. The number of hydrogen-bond acceptors (Lipinski definition) is 6. The van der Waals surface area contributed by atoms with E-state index in [9.17, 15) is 4.79 Å². The molecule has 1 fully saturated rings. The van der Waals surface area contributed by atoms with Crippen molar-refractivity contribution in [1.82, 2.24) is 9.97 Å². The van der Waals surface area contributed by atoms with Gasteiger partial charge in [0.15, 0.2) is 0 Å². The van der Waals surface area contributed by atoms with Gasteiger partial charge in [-0.05, 0) is 92.7 Å². The highest BCUT2D eigenvalue weighted by atomic mass is 79.9. The lowest BCUT2D eigenvalue weighted by Gasteiger charge is -2.01. The van der Waals surface area contributed by atoms with Crippen molar-refractivity contribution in [3.05, 3.63) is 81.0 Å². The number of halogens is 2. The molecule has 1 saturated heterocycles. The van der Waals surface area contributed by atoms with Gasteiger partial charge in [0.25, 0.3) is 0 Å². The van der Waals surface area contributed by atoms with Crippen LogP contribution in [0.15, 0.2) is 69.9 Å². The molecule has 3 heterocycles. The first kappa shape index (κ1) is 25.2. The topological polar surface area (TPSA) is 81.5 Å². The number of aliphatic hydroxyl groups excluding tert-OH is 1. The van der Waals surface area contributed by atoms with Crippen LogP contribution in [-0.4, -0.2) is 41.4 Å². The second-order valence-corrected chi connectivity index (χ2v) is 9.04. The average molecular weight is 576 g/mol. The number of fused-ring (bicyclic) bond motifs is 2. The van der Waals surface area contributed by atoms with E-state index in [0.717, 1.165) is 49.5 Å². The van der Waals surface area contributed by atoms with Crippen molar-refractivity contribution in [2.24, 2.45) is 0 Å². The Morgan fingerprint density at radius 3 is 2.03 bits per heavy atom. The highest BCUT2D eigenvalue weighted by molar-refractivity contribution is 9.10. The number of nitrogens with zero attached hydrogens (tertiary/aromatic N) is 2. The van der Waals surface area contributed by atoms with Gasteiger partial charge in [-0.2, -0.15) is 0 Å². The van der Waals surface area contributed by atoms with Crippen LogP contribution in [0.25, 0.3) is 21.8 Å². The van der Waals surface area contributed by atoms with E-state index in [1.54, 1.807) is 30.6 Å². The molecule has 6 nitrogen and oxygen atoms in total. The van der Waals surface area contributed by atoms with Gasteiger partial charge in [-0.3, -0.25) is 9.97 Å². The van der Waals surface area contributed by atoms with E-state index >= 15 is 0 Å². The standard InChI is InChI=1S/C11H8BrNO2.C10H8BrNO.C4H8O/c1-15-11(14)7-2-3-10-8(4-7)5-9(12)6-13-10;11-9-4-8-3-7(6-13)1-2-10(8)12-5-9;1-2-4-5-3-1/h2-6H,1H3;1-5,13H,6H2;1-4H2. The lowest BCUT2D eigenvalue weighted by Crippen LogP contribution is -2.00. The molecule has 0 radical (unpaired) electrons. The molecule has 1 aliphatic rings. The largest absolute Gasteiger partial charge is 0.465 e. The fourth-order valence-corrected chi connectivity index (χ4v) is 3.81. The number of ether oxygens (including phenoxy) is 2. The molecule has 0 saturated carbocycles. The Kier molecular flexibility index (Phi) is 9.75. The quantitative estimate of drug-likeness (QED) is 0.292. The fraction of sp³-hybridized carbons (Fsp3) is 0.240. The third-order valence-electron chi connectivity index (χ3n) is 4.79. The molecular formula is C25H24Br2N2O4. The molecule has 2 aromatic carbocycles. The van der Waals surface area contributed by atoms with Crippen molar-refractivity contribution in [3.8, 4) is 0 Å². The van der Waals surface area contributed by atoms with Crippen molar-refractivity contribution in [2.45, 2.75) is 19.4 Å². The zero-order chi connectivity index (χ0) is 23.6. The Balaban J connectivity index is 0.000000155. The monoisotopic (exact) mass is 574 g/mol. The second kappa shape index (κ2) is 12.7. The summed E-state index contributed by atoms with van der Waals surface area (Å²) in [5.74, 6) is -0.336. The van der Waals surface area contributed by atoms with Crippen LogP contribution in [0, 0.1) is 0 Å². The summed E-state index contributed by atoms with van der Waals surface area (Å²) in [6, 6.07) is 14.9. The number of esters is 1. The normalized spacial score (nSPS) is 12.5. The Morgan fingerprint density at radius 1 is 0.939 bits per heavy atom. The minimum Gasteiger partial charge on any atom is -0.465 e. The highest BCUT2D eigenvalue weighted by Crippen LogP contribution is 2.19. The van der Waals surface area contributed by atoms with Crippen molar-refractivity contribution in [3.63, 3.8) is 0 Å². The van der Waals surface area contributed by atoms with E-state index in [0.29, 0.717) is 5.56 Å². The first-order chi connectivity index (χ1) is 16.0. The van der Waals surface area contributed by atoms with Crippen LogP contribution in [0.1, 0.15) is 28.8 Å². The molecule has 8 heteroatoms. The van der Waals surface area contributed by atoms with Crippen LogP contribution >= 0.6 is 31.9 Å². The van der Waals surface area contributed by atoms with E-state index in [-0.39, 0.29) is 12.6 Å². The SMILES string of the molecule is C1CCOC1.COC(=O)c1ccc2ncc(Br)cc2c1.OCc1ccc2ncc(Br)cc2c1. The third-order valence-corrected chi connectivity index (χ3v) is 5.66. The molecule has 2 aromatic heterocycles. The maximum absolute atomic E-state index is 11.3. The molecule has 4 aromatic rings. The molecule has 0 amide bonds. The van der Waals surface area contributed by atoms with Crippen LogP contribution in [0.4, 0.5) is 0 Å². The van der Waals surface area contributed by atoms with Gasteiger partial charge < -0.3 is 14.6 Å². The maximum Gasteiger partial charge on any atom is 0.337 e. The summed E-state index contributed by atoms with van der Waals surface area (Å²) >= 11 is 6.69. The van der Waals surface area contributed by atoms with E-state index in [1.165, 1.54) is 20.0 Å². The van der Waals surface area contributed by atoms with Gasteiger partial charge >= 0.3 is 5.97 Å². The zero-order valence-electron chi connectivity index (χ0n) is 18.1. The first-order valence-corrected chi connectivity index (χ1v) is 11.9. The van der Waals surface area contributed by atoms with E-state index in [4.69, 9.17) is 9.84 Å². The number of carbonyl (C=O) groups excluding carboxylic acids is 1. The van der Waals surface area contributed by atoms with E-state index in [2.05, 4.69) is 46.6 Å².